The van der Waals surface area contributed by atoms with Crippen LogP contribution in [0, 0.1) is 0 Å². The van der Waals surface area contributed by atoms with Crippen LogP contribution < -0.4 is 11.1 Å². The van der Waals surface area contributed by atoms with Crippen LogP contribution in [0.4, 0.5) is 0 Å². The van der Waals surface area contributed by atoms with Crippen LogP contribution in [0.3, 0.4) is 0 Å². The molecule has 0 bridgehead atoms. The average molecular weight is 411 g/mol. The fourth-order valence-corrected chi connectivity index (χ4v) is 3.38. The molecule has 0 aromatic rings. The largest absolute Gasteiger partial charge is 0.480 e. The van der Waals surface area contributed by atoms with Gasteiger partial charge in [-0.25, -0.2) is 4.79 Å². The maximum absolute atomic E-state index is 11.9. The number of carbonyl (C=O) groups excluding carboxylic acids is 1. The van der Waals surface area contributed by atoms with Gasteiger partial charge >= 0.3 is 5.97 Å². The van der Waals surface area contributed by atoms with E-state index in [9.17, 15) is 9.59 Å². The Morgan fingerprint density at radius 2 is 1.34 bits per heavy atom. The van der Waals surface area contributed by atoms with Crippen molar-refractivity contribution < 1.29 is 14.7 Å². The van der Waals surface area contributed by atoms with Crippen molar-refractivity contribution in [3.8, 4) is 0 Å². The van der Waals surface area contributed by atoms with Gasteiger partial charge in [0.25, 0.3) is 0 Å². The molecule has 0 aromatic heterocycles. The maximum Gasteiger partial charge on any atom is 0.326 e. The summed E-state index contributed by atoms with van der Waals surface area (Å²) in [6, 6.07) is -0.807. The maximum atomic E-state index is 11.9. The zero-order valence-electron chi connectivity index (χ0n) is 18.8. The first kappa shape index (κ1) is 27.6. The summed E-state index contributed by atoms with van der Waals surface area (Å²) in [4.78, 5) is 23.0. The molecule has 0 aliphatic rings. The quantitative estimate of drug-likeness (QED) is 0.167. The van der Waals surface area contributed by atoms with Gasteiger partial charge in [-0.05, 0) is 51.5 Å². The van der Waals surface area contributed by atoms with Crippen LogP contribution in [0.1, 0.15) is 116 Å². The molecule has 0 aliphatic carbocycles. The summed E-state index contributed by atoms with van der Waals surface area (Å²) in [5.74, 6) is -1.14. The molecular formula is C24H46N2O3. The molecule has 4 N–H and O–H groups in total. The Labute approximate surface area is 178 Å². The number of carbonyl (C=O) groups is 2. The van der Waals surface area contributed by atoms with Crippen molar-refractivity contribution in [2.24, 2.45) is 5.73 Å². The molecule has 0 aromatic carbocycles. The van der Waals surface area contributed by atoms with Gasteiger partial charge in [-0.2, -0.15) is 0 Å². The molecule has 29 heavy (non-hydrogen) atoms. The number of unbranched alkanes of at least 4 members (excludes halogenated alkanes) is 12. The van der Waals surface area contributed by atoms with Crippen LogP contribution >= 0.6 is 0 Å². The predicted octanol–water partition coefficient (Wildman–Crippen LogP) is 5.72. The number of hydrogen-bond acceptors (Lipinski definition) is 3. The topological polar surface area (TPSA) is 92.4 Å². The van der Waals surface area contributed by atoms with Gasteiger partial charge in [0.1, 0.15) is 6.04 Å². The molecule has 0 saturated heterocycles. The molecule has 0 aliphatic heterocycles. The van der Waals surface area contributed by atoms with E-state index in [1.165, 1.54) is 64.2 Å². The number of nitrogens with two attached hydrogens (primary N) is 1. The highest BCUT2D eigenvalue weighted by molar-refractivity contribution is 5.83. The fraction of sp³-hybridized carbons (Fsp3) is 0.833. The smallest absolute Gasteiger partial charge is 0.326 e. The highest BCUT2D eigenvalue weighted by Crippen LogP contribution is 2.10. The van der Waals surface area contributed by atoms with Crippen LogP contribution in [0.25, 0.3) is 0 Å². The first-order valence-electron chi connectivity index (χ1n) is 12.0. The third-order valence-electron chi connectivity index (χ3n) is 5.25. The lowest BCUT2D eigenvalue weighted by Gasteiger charge is -2.13. The van der Waals surface area contributed by atoms with E-state index in [0.717, 1.165) is 25.7 Å². The van der Waals surface area contributed by atoms with Crippen molar-refractivity contribution in [2.75, 3.05) is 6.54 Å². The van der Waals surface area contributed by atoms with E-state index in [0.29, 0.717) is 25.8 Å². The Balaban J connectivity index is 3.45. The molecule has 1 atom stereocenters. The molecule has 170 valence electrons. The van der Waals surface area contributed by atoms with Crippen LogP contribution in [0.5, 0.6) is 0 Å². The second-order valence-corrected chi connectivity index (χ2v) is 8.08. The highest BCUT2D eigenvalue weighted by atomic mass is 16.4. The molecule has 0 fully saturated rings. The molecule has 0 radical (unpaired) electrons. The number of amides is 1. The monoisotopic (exact) mass is 410 g/mol. The van der Waals surface area contributed by atoms with Crippen molar-refractivity contribution in [1.29, 1.82) is 0 Å². The highest BCUT2D eigenvalue weighted by Gasteiger charge is 2.18. The molecule has 0 saturated carbocycles. The number of allylic oxidation sites excluding steroid dienone is 2. The third-order valence-corrected chi connectivity index (χ3v) is 5.25. The van der Waals surface area contributed by atoms with Crippen molar-refractivity contribution in [3.05, 3.63) is 12.2 Å². The first-order chi connectivity index (χ1) is 14.1. The van der Waals surface area contributed by atoms with Crippen molar-refractivity contribution >= 4 is 11.9 Å². The lowest BCUT2D eigenvalue weighted by Crippen LogP contribution is -2.40. The Bertz CT molecular complexity index is 424. The van der Waals surface area contributed by atoms with E-state index < -0.39 is 12.0 Å². The second kappa shape index (κ2) is 21.4. The number of carboxylic acids is 1. The predicted molar refractivity (Wildman–Crippen MR) is 122 cm³/mol. The van der Waals surface area contributed by atoms with Gasteiger partial charge in [0, 0.05) is 6.42 Å². The number of nitrogens with one attached hydrogen (secondary N) is 1. The molecule has 0 rings (SSSR count). The van der Waals surface area contributed by atoms with E-state index in [1.807, 2.05) is 0 Å². The van der Waals surface area contributed by atoms with E-state index in [4.69, 9.17) is 10.8 Å². The lowest BCUT2D eigenvalue weighted by atomic mass is 10.1. The van der Waals surface area contributed by atoms with Gasteiger partial charge in [0.05, 0.1) is 0 Å². The fourth-order valence-electron chi connectivity index (χ4n) is 3.38. The van der Waals surface area contributed by atoms with Crippen molar-refractivity contribution in [3.63, 3.8) is 0 Å². The Kier molecular flexibility index (Phi) is 20.3. The molecule has 5 nitrogen and oxygen atoms in total. The SMILES string of the molecule is CCCCCCCCC/C=C\CCCCCCCC(=O)N[C@@H](CCCN)C(=O)O. The molecule has 0 unspecified atom stereocenters. The number of aliphatic carboxylic acids is 1. The third kappa shape index (κ3) is 19.7. The average Bonchev–Trinajstić information content (AvgIpc) is 2.70. The second-order valence-electron chi connectivity index (χ2n) is 8.08. The van der Waals surface area contributed by atoms with Crippen molar-refractivity contribution in [2.45, 2.75) is 122 Å². The van der Waals surface area contributed by atoms with Gasteiger partial charge < -0.3 is 16.2 Å². The summed E-state index contributed by atoms with van der Waals surface area (Å²) in [5, 5.41) is 11.7. The minimum Gasteiger partial charge on any atom is -0.480 e. The number of hydrogen-bond donors (Lipinski definition) is 3. The summed E-state index contributed by atoms with van der Waals surface area (Å²) in [7, 11) is 0. The van der Waals surface area contributed by atoms with Crippen LogP contribution in [-0.2, 0) is 9.59 Å². The van der Waals surface area contributed by atoms with E-state index >= 15 is 0 Å². The zero-order chi connectivity index (χ0) is 21.6. The van der Waals surface area contributed by atoms with E-state index in [-0.39, 0.29) is 5.91 Å². The van der Waals surface area contributed by atoms with Crippen LogP contribution in [-0.4, -0.2) is 29.6 Å². The van der Waals surface area contributed by atoms with Crippen LogP contribution in [0.2, 0.25) is 0 Å². The standard InChI is InChI=1S/C24H46N2O3/c1-2-3-4-5-6-7-8-9-10-11-12-13-14-15-16-17-20-23(27)26-22(24(28)29)19-18-21-25/h10-11,22H,2-9,12-21,25H2,1H3,(H,26,27)(H,28,29)/b11-10-/t22-/m0/s1. The van der Waals surface area contributed by atoms with Gasteiger partial charge in [-0.15, -0.1) is 0 Å². The summed E-state index contributed by atoms with van der Waals surface area (Å²) < 4.78 is 0. The summed E-state index contributed by atoms with van der Waals surface area (Å²) in [5.41, 5.74) is 5.40. The minimum atomic E-state index is -0.980. The Morgan fingerprint density at radius 3 is 1.86 bits per heavy atom. The zero-order valence-corrected chi connectivity index (χ0v) is 18.8. The Hall–Kier alpha value is -1.36. The van der Waals surface area contributed by atoms with Gasteiger partial charge in [-0.3, -0.25) is 4.79 Å². The molecular weight excluding hydrogens is 364 g/mol. The lowest BCUT2D eigenvalue weighted by molar-refractivity contribution is -0.142. The molecule has 1 amide bonds. The minimum absolute atomic E-state index is 0.164. The number of rotatable bonds is 21. The van der Waals surface area contributed by atoms with Crippen molar-refractivity contribution in [1.82, 2.24) is 5.32 Å². The van der Waals surface area contributed by atoms with Gasteiger partial charge in [0.2, 0.25) is 5.91 Å². The normalized spacial score (nSPS) is 12.3. The Morgan fingerprint density at radius 1 is 0.828 bits per heavy atom. The number of carboxylic acid groups (broad SMARTS) is 1. The summed E-state index contributed by atoms with van der Waals surface area (Å²) >= 11 is 0. The first-order valence-corrected chi connectivity index (χ1v) is 12.0. The summed E-state index contributed by atoms with van der Waals surface area (Å²) in [6.07, 6.45) is 23.4. The van der Waals surface area contributed by atoms with E-state index in [1.54, 1.807) is 0 Å². The van der Waals surface area contributed by atoms with E-state index in [2.05, 4.69) is 24.4 Å². The molecule has 0 heterocycles. The van der Waals surface area contributed by atoms with Gasteiger partial charge in [0.15, 0.2) is 0 Å². The van der Waals surface area contributed by atoms with Crippen LogP contribution in [0.15, 0.2) is 12.2 Å². The molecule has 5 heteroatoms. The summed E-state index contributed by atoms with van der Waals surface area (Å²) in [6.45, 7) is 2.70. The van der Waals surface area contributed by atoms with Gasteiger partial charge in [-0.1, -0.05) is 76.9 Å². The molecule has 0 spiro atoms.